The molecule has 0 bridgehead atoms. The molecule has 1 N–H and O–H groups in total. The lowest BCUT2D eigenvalue weighted by molar-refractivity contribution is 0.133. The molecule has 0 aliphatic rings. The van der Waals surface area contributed by atoms with E-state index in [0.717, 1.165) is 32.2 Å². The third kappa shape index (κ3) is 8.58. The molecule has 0 aliphatic heterocycles. The van der Waals surface area contributed by atoms with Crippen molar-refractivity contribution in [1.82, 2.24) is 10.2 Å². The van der Waals surface area contributed by atoms with Crippen molar-refractivity contribution in [3.05, 3.63) is 0 Å². The van der Waals surface area contributed by atoms with Crippen molar-refractivity contribution >= 4 is 0 Å². The summed E-state index contributed by atoms with van der Waals surface area (Å²) in [5.74, 6) is 0.782. The van der Waals surface area contributed by atoms with Crippen molar-refractivity contribution in [2.45, 2.75) is 46.6 Å². The minimum absolute atomic E-state index is 0.462. The fraction of sp³-hybridized carbons (Fsp3) is 1.00. The van der Waals surface area contributed by atoms with Gasteiger partial charge in [-0.25, -0.2) is 0 Å². The summed E-state index contributed by atoms with van der Waals surface area (Å²) in [4.78, 5) is 2.53. The smallest absolute Gasteiger partial charge is 0.0628 e. The van der Waals surface area contributed by atoms with E-state index in [1.165, 1.54) is 19.4 Å². The van der Waals surface area contributed by atoms with E-state index in [1.54, 1.807) is 7.11 Å². The van der Waals surface area contributed by atoms with Gasteiger partial charge in [-0.05, 0) is 25.4 Å². The number of likely N-dealkylation sites (N-methyl/N-ethyl adjacent to an activating group) is 1. The van der Waals surface area contributed by atoms with Crippen LogP contribution in [0.3, 0.4) is 0 Å². The molecule has 17 heavy (non-hydrogen) atoms. The zero-order chi connectivity index (χ0) is 13.1. The molecule has 0 spiro atoms. The first-order valence-corrected chi connectivity index (χ1v) is 7.12. The Bertz CT molecular complexity index is 164. The Hall–Kier alpha value is -0.120. The molecule has 3 nitrogen and oxygen atoms in total. The molecule has 2 atom stereocenters. The van der Waals surface area contributed by atoms with Crippen molar-refractivity contribution in [3.8, 4) is 0 Å². The number of hydrogen-bond donors (Lipinski definition) is 1. The lowest BCUT2D eigenvalue weighted by Crippen LogP contribution is -2.45. The first-order chi connectivity index (χ1) is 8.17. The molecule has 104 valence electrons. The zero-order valence-corrected chi connectivity index (χ0v) is 12.5. The maximum Gasteiger partial charge on any atom is 0.0628 e. The SMILES string of the molecule is CCCNC(COC)CN(CC)CC(C)CC. The topological polar surface area (TPSA) is 24.5 Å². The summed E-state index contributed by atoms with van der Waals surface area (Å²) in [6.45, 7) is 14.3. The first kappa shape index (κ1) is 16.9. The van der Waals surface area contributed by atoms with E-state index in [2.05, 4.69) is 37.9 Å². The van der Waals surface area contributed by atoms with Gasteiger partial charge in [0.2, 0.25) is 0 Å². The number of nitrogens with zero attached hydrogens (tertiary/aromatic N) is 1. The maximum atomic E-state index is 5.29. The number of ether oxygens (including phenoxy) is 1. The fourth-order valence-electron chi connectivity index (χ4n) is 1.94. The van der Waals surface area contributed by atoms with Gasteiger partial charge >= 0.3 is 0 Å². The predicted molar refractivity (Wildman–Crippen MR) is 75.5 cm³/mol. The summed E-state index contributed by atoms with van der Waals surface area (Å²) in [5, 5.41) is 3.56. The van der Waals surface area contributed by atoms with Gasteiger partial charge in [0.15, 0.2) is 0 Å². The lowest BCUT2D eigenvalue weighted by atomic mass is 10.1. The van der Waals surface area contributed by atoms with Crippen LogP contribution in [0.1, 0.15) is 40.5 Å². The van der Waals surface area contributed by atoms with Gasteiger partial charge in [-0.2, -0.15) is 0 Å². The molecule has 0 aliphatic carbocycles. The van der Waals surface area contributed by atoms with Crippen LogP contribution in [-0.2, 0) is 4.74 Å². The predicted octanol–water partition coefficient (Wildman–Crippen LogP) is 2.37. The van der Waals surface area contributed by atoms with Crippen LogP contribution >= 0.6 is 0 Å². The number of hydrogen-bond acceptors (Lipinski definition) is 3. The summed E-state index contributed by atoms with van der Waals surface area (Å²) in [5.41, 5.74) is 0. The number of methoxy groups -OCH3 is 1. The molecule has 0 saturated heterocycles. The van der Waals surface area contributed by atoms with Crippen LogP contribution < -0.4 is 5.32 Å². The van der Waals surface area contributed by atoms with Crippen LogP contribution in [0, 0.1) is 5.92 Å². The van der Waals surface area contributed by atoms with Gasteiger partial charge in [0.05, 0.1) is 6.61 Å². The highest BCUT2D eigenvalue weighted by atomic mass is 16.5. The highest BCUT2D eigenvalue weighted by Gasteiger charge is 2.14. The standard InChI is InChI=1S/C14H32N2O/c1-6-9-15-14(12-17-5)11-16(8-3)10-13(4)7-2/h13-15H,6-12H2,1-5H3. The molecule has 0 aromatic rings. The molecule has 0 aromatic heterocycles. The lowest BCUT2D eigenvalue weighted by Gasteiger charge is -2.28. The average molecular weight is 244 g/mol. The molecule has 3 heteroatoms. The Morgan fingerprint density at radius 2 is 1.88 bits per heavy atom. The largest absolute Gasteiger partial charge is 0.383 e. The van der Waals surface area contributed by atoms with Crippen LogP contribution in [0.15, 0.2) is 0 Å². The van der Waals surface area contributed by atoms with Gasteiger partial charge in [-0.15, -0.1) is 0 Å². The highest BCUT2D eigenvalue weighted by molar-refractivity contribution is 4.72. The van der Waals surface area contributed by atoms with Gasteiger partial charge in [0.25, 0.3) is 0 Å². The van der Waals surface area contributed by atoms with E-state index in [9.17, 15) is 0 Å². The van der Waals surface area contributed by atoms with Crippen molar-refractivity contribution in [3.63, 3.8) is 0 Å². The van der Waals surface area contributed by atoms with E-state index in [0.29, 0.717) is 6.04 Å². The molecule has 0 heterocycles. The molecule has 2 unspecified atom stereocenters. The Morgan fingerprint density at radius 1 is 1.18 bits per heavy atom. The van der Waals surface area contributed by atoms with Crippen LogP contribution in [-0.4, -0.2) is 50.8 Å². The van der Waals surface area contributed by atoms with E-state index in [1.807, 2.05) is 0 Å². The molecule has 0 radical (unpaired) electrons. The summed E-state index contributed by atoms with van der Waals surface area (Å²) in [7, 11) is 1.78. The van der Waals surface area contributed by atoms with Gasteiger partial charge in [0.1, 0.15) is 0 Å². The first-order valence-electron chi connectivity index (χ1n) is 7.12. The fourth-order valence-corrected chi connectivity index (χ4v) is 1.94. The van der Waals surface area contributed by atoms with Crippen LogP contribution in [0.5, 0.6) is 0 Å². The molecule has 0 saturated carbocycles. The molecular formula is C14H32N2O. The summed E-state index contributed by atoms with van der Waals surface area (Å²) in [6.07, 6.45) is 2.44. The monoisotopic (exact) mass is 244 g/mol. The van der Waals surface area contributed by atoms with Crippen LogP contribution in [0.4, 0.5) is 0 Å². The minimum atomic E-state index is 0.462. The van der Waals surface area contributed by atoms with Crippen molar-refractivity contribution in [1.29, 1.82) is 0 Å². The van der Waals surface area contributed by atoms with E-state index >= 15 is 0 Å². The number of nitrogens with one attached hydrogen (secondary N) is 1. The van der Waals surface area contributed by atoms with Gasteiger partial charge in [-0.3, -0.25) is 0 Å². The zero-order valence-electron chi connectivity index (χ0n) is 12.5. The third-order valence-corrected chi connectivity index (χ3v) is 3.24. The molecular weight excluding hydrogens is 212 g/mol. The molecule has 0 fully saturated rings. The van der Waals surface area contributed by atoms with Gasteiger partial charge in [-0.1, -0.05) is 34.1 Å². The summed E-state index contributed by atoms with van der Waals surface area (Å²) >= 11 is 0. The maximum absolute atomic E-state index is 5.29. The van der Waals surface area contributed by atoms with Crippen molar-refractivity contribution < 1.29 is 4.74 Å². The van der Waals surface area contributed by atoms with Crippen molar-refractivity contribution in [2.75, 3.05) is 39.9 Å². The second-order valence-electron chi connectivity index (χ2n) is 4.97. The Kier molecular flexibility index (Phi) is 10.9. The van der Waals surface area contributed by atoms with E-state index in [4.69, 9.17) is 4.74 Å². The molecule has 0 amide bonds. The number of rotatable bonds is 11. The van der Waals surface area contributed by atoms with E-state index < -0.39 is 0 Å². The average Bonchev–Trinajstić information content (AvgIpc) is 2.34. The van der Waals surface area contributed by atoms with Gasteiger partial charge in [0, 0.05) is 26.2 Å². The quantitative estimate of drug-likeness (QED) is 0.604. The highest BCUT2D eigenvalue weighted by Crippen LogP contribution is 2.05. The Labute approximate surface area is 108 Å². The second kappa shape index (κ2) is 11.0. The van der Waals surface area contributed by atoms with Crippen LogP contribution in [0.25, 0.3) is 0 Å². The van der Waals surface area contributed by atoms with Crippen molar-refractivity contribution in [2.24, 2.45) is 5.92 Å². The minimum Gasteiger partial charge on any atom is -0.383 e. The summed E-state index contributed by atoms with van der Waals surface area (Å²) < 4.78 is 5.29. The van der Waals surface area contributed by atoms with E-state index in [-0.39, 0.29) is 0 Å². The third-order valence-electron chi connectivity index (χ3n) is 3.24. The van der Waals surface area contributed by atoms with Crippen LogP contribution in [0.2, 0.25) is 0 Å². The molecule has 0 aromatic carbocycles. The normalized spacial score (nSPS) is 15.2. The van der Waals surface area contributed by atoms with Gasteiger partial charge < -0.3 is 15.0 Å². The summed E-state index contributed by atoms with van der Waals surface area (Å²) in [6, 6.07) is 0.462. The molecule has 0 rings (SSSR count). The Balaban J connectivity index is 4.07. The second-order valence-corrected chi connectivity index (χ2v) is 4.97. The Morgan fingerprint density at radius 3 is 2.35 bits per heavy atom.